The average molecular weight is 218 g/mol. The number of para-hydroxylation sites is 1. The van der Waals surface area contributed by atoms with E-state index in [0.717, 1.165) is 17.4 Å². The summed E-state index contributed by atoms with van der Waals surface area (Å²) in [6.45, 7) is 0.780. The summed E-state index contributed by atoms with van der Waals surface area (Å²) >= 11 is 0. The largest absolute Gasteiger partial charge is 0.486 e. The van der Waals surface area contributed by atoms with Gasteiger partial charge in [-0.15, -0.1) is 10.2 Å². The summed E-state index contributed by atoms with van der Waals surface area (Å²) in [5.41, 5.74) is 5.51. The molecular weight excluding hydrogens is 204 g/mol. The highest BCUT2D eigenvalue weighted by atomic mass is 16.5. The molecule has 1 aromatic carbocycles. The lowest BCUT2D eigenvalue weighted by Crippen LogP contribution is -2.08. The molecule has 0 amide bonds. The van der Waals surface area contributed by atoms with E-state index in [2.05, 4.69) is 10.2 Å². The summed E-state index contributed by atoms with van der Waals surface area (Å²) in [6.07, 6.45) is 0. The summed E-state index contributed by atoms with van der Waals surface area (Å²) in [7, 11) is 1.88. The Bertz CT molecular complexity index is 452. The van der Waals surface area contributed by atoms with Crippen molar-refractivity contribution < 1.29 is 4.74 Å². The molecule has 0 fully saturated rings. The number of benzene rings is 1. The van der Waals surface area contributed by atoms with Gasteiger partial charge in [0.1, 0.15) is 18.2 Å². The lowest BCUT2D eigenvalue weighted by molar-refractivity contribution is 0.291. The molecule has 0 aliphatic heterocycles. The number of hydrogen-bond acceptors (Lipinski definition) is 4. The van der Waals surface area contributed by atoms with Gasteiger partial charge in [-0.3, -0.25) is 0 Å². The lowest BCUT2D eigenvalue weighted by atomic mass is 10.3. The fraction of sp³-hybridized carbons (Fsp3) is 0.273. The second kappa shape index (κ2) is 4.76. The molecule has 0 saturated heterocycles. The van der Waals surface area contributed by atoms with Gasteiger partial charge in [0.2, 0.25) is 0 Å². The molecule has 2 rings (SSSR count). The van der Waals surface area contributed by atoms with Crippen LogP contribution in [0, 0.1) is 0 Å². The zero-order chi connectivity index (χ0) is 11.4. The third-order valence-electron chi connectivity index (χ3n) is 2.35. The van der Waals surface area contributed by atoms with Gasteiger partial charge < -0.3 is 15.0 Å². The molecule has 1 heterocycles. The highest BCUT2D eigenvalue weighted by Gasteiger charge is 2.07. The van der Waals surface area contributed by atoms with Crippen LogP contribution in [0.3, 0.4) is 0 Å². The number of nitrogens with zero attached hydrogens (tertiary/aromatic N) is 3. The summed E-state index contributed by atoms with van der Waals surface area (Å²) in [5, 5.41) is 7.96. The van der Waals surface area contributed by atoms with Gasteiger partial charge >= 0.3 is 0 Å². The number of nitrogens with two attached hydrogens (primary N) is 1. The lowest BCUT2D eigenvalue weighted by Gasteiger charge is -2.05. The quantitative estimate of drug-likeness (QED) is 0.826. The Hall–Kier alpha value is -1.88. The third-order valence-corrected chi connectivity index (χ3v) is 2.35. The third kappa shape index (κ3) is 2.20. The van der Waals surface area contributed by atoms with Crippen LogP contribution in [0.4, 0.5) is 0 Å². The molecule has 0 aliphatic carbocycles. The minimum atomic E-state index is 0.384. The average Bonchev–Trinajstić information content (AvgIpc) is 2.69. The Labute approximate surface area is 93.9 Å². The van der Waals surface area contributed by atoms with Crippen LogP contribution in [-0.4, -0.2) is 14.8 Å². The number of ether oxygens (including phenoxy) is 1. The molecule has 0 bridgehead atoms. The SMILES string of the molecule is Cn1c(CN)nnc1COc1ccccc1. The Balaban J connectivity index is 2.02. The molecule has 0 spiro atoms. The highest BCUT2D eigenvalue weighted by Crippen LogP contribution is 2.10. The maximum absolute atomic E-state index is 5.57. The maximum atomic E-state index is 5.57. The van der Waals surface area contributed by atoms with Crippen LogP contribution in [0.25, 0.3) is 0 Å². The molecule has 0 atom stereocenters. The topological polar surface area (TPSA) is 66.0 Å². The van der Waals surface area contributed by atoms with Gasteiger partial charge in [-0.25, -0.2) is 0 Å². The molecule has 0 unspecified atom stereocenters. The Kier molecular flexibility index (Phi) is 3.16. The van der Waals surface area contributed by atoms with E-state index in [0.29, 0.717) is 13.2 Å². The van der Waals surface area contributed by atoms with Crippen LogP contribution < -0.4 is 10.5 Å². The maximum Gasteiger partial charge on any atom is 0.170 e. The van der Waals surface area contributed by atoms with Crippen LogP contribution in [-0.2, 0) is 20.2 Å². The normalized spacial score (nSPS) is 10.4. The first kappa shape index (κ1) is 10.6. The summed E-state index contributed by atoms with van der Waals surface area (Å²) < 4.78 is 7.42. The number of rotatable bonds is 4. The van der Waals surface area contributed by atoms with Crippen LogP contribution >= 0.6 is 0 Å². The summed E-state index contributed by atoms with van der Waals surface area (Å²) in [4.78, 5) is 0. The Morgan fingerprint density at radius 1 is 1.19 bits per heavy atom. The van der Waals surface area contributed by atoms with Gasteiger partial charge in [0.15, 0.2) is 5.82 Å². The molecule has 0 aliphatic rings. The second-order valence-electron chi connectivity index (χ2n) is 3.40. The van der Waals surface area contributed by atoms with Gasteiger partial charge in [0.25, 0.3) is 0 Å². The van der Waals surface area contributed by atoms with Gasteiger partial charge in [0.05, 0.1) is 6.54 Å². The molecule has 84 valence electrons. The predicted molar refractivity (Wildman–Crippen MR) is 59.7 cm³/mol. The highest BCUT2D eigenvalue weighted by molar-refractivity contribution is 5.21. The van der Waals surface area contributed by atoms with Crippen molar-refractivity contribution in [3.8, 4) is 5.75 Å². The fourth-order valence-electron chi connectivity index (χ4n) is 1.37. The molecule has 2 aromatic rings. The first-order chi connectivity index (χ1) is 7.81. The van der Waals surface area contributed by atoms with Crippen molar-refractivity contribution in [1.29, 1.82) is 0 Å². The minimum Gasteiger partial charge on any atom is -0.486 e. The number of hydrogen-bond donors (Lipinski definition) is 1. The van der Waals surface area contributed by atoms with E-state index in [-0.39, 0.29) is 0 Å². The van der Waals surface area contributed by atoms with Crippen molar-refractivity contribution >= 4 is 0 Å². The Morgan fingerprint density at radius 2 is 1.88 bits per heavy atom. The molecular formula is C11H14N4O. The van der Waals surface area contributed by atoms with E-state index >= 15 is 0 Å². The van der Waals surface area contributed by atoms with Gasteiger partial charge in [-0.05, 0) is 12.1 Å². The number of aromatic nitrogens is 3. The van der Waals surface area contributed by atoms with Crippen molar-refractivity contribution in [3.63, 3.8) is 0 Å². The molecule has 1 aromatic heterocycles. The van der Waals surface area contributed by atoms with Crippen molar-refractivity contribution in [2.24, 2.45) is 12.8 Å². The molecule has 5 heteroatoms. The first-order valence-electron chi connectivity index (χ1n) is 5.06. The van der Waals surface area contributed by atoms with E-state index in [9.17, 15) is 0 Å². The van der Waals surface area contributed by atoms with Crippen LogP contribution in [0.2, 0.25) is 0 Å². The zero-order valence-corrected chi connectivity index (χ0v) is 9.13. The standard InChI is InChI=1S/C11H14N4O/c1-15-10(7-12)13-14-11(15)8-16-9-5-3-2-4-6-9/h2-6H,7-8,12H2,1H3. The van der Waals surface area contributed by atoms with Gasteiger partial charge in [0, 0.05) is 7.05 Å². The van der Waals surface area contributed by atoms with Crippen molar-refractivity contribution in [3.05, 3.63) is 42.0 Å². The van der Waals surface area contributed by atoms with E-state index in [4.69, 9.17) is 10.5 Å². The monoisotopic (exact) mass is 218 g/mol. The van der Waals surface area contributed by atoms with Crippen molar-refractivity contribution in [1.82, 2.24) is 14.8 Å². The molecule has 0 saturated carbocycles. The summed E-state index contributed by atoms with van der Waals surface area (Å²) in [6, 6.07) is 9.61. The van der Waals surface area contributed by atoms with Crippen LogP contribution in [0.5, 0.6) is 5.75 Å². The predicted octanol–water partition coefficient (Wildman–Crippen LogP) is 0.853. The van der Waals surface area contributed by atoms with Crippen molar-refractivity contribution in [2.45, 2.75) is 13.2 Å². The van der Waals surface area contributed by atoms with Gasteiger partial charge in [-0.2, -0.15) is 0 Å². The smallest absolute Gasteiger partial charge is 0.170 e. The molecule has 5 nitrogen and oxygen atoms in total. The Morgan fingerprint density at radius 3 is 2.50 bits per heavy atom. The fourth-order valence-corrected chi connectivity index (χ4v) is 1.37. The van der Waals surface area contributed by atoms with E-state index in [1.807, 2.05) is 41.9 Å². The van der Waals surface area contributed by atoms with Crippen LogP contribution in [0.15, 0.2) is 30.3 Å². The summed E-state index contributed by atoms with van der Waals surface area (Å²) in [5.74, 6) is 2.34. The first-order valence-corrected chi connectivity index (χ1v) is 5.06. The minimum absolute atomic E-state index is 0.384. The van der Waals surface area contributed by atoms with E-state index in [1.165, 1.54) is 0 Å². The second-order valence-corrected chi connectivity index (χ2v) is 3.40. The van der Waals surface area contributed by atoms with E-state index < -0.39 is 0 Å². The van der Waals surface area contributed by atoms with E-state index in [1.54, 1.807) is 0 Å². The molecule has 2 N–H and O–H groups in total. The molecule has 16 heavy (non-hydrogen) atoms. The van der Waals surface area contributed by atoms with Gasteiger partial charge in [-0.1, -0.05) is 18.2 Å². The molecule has 0 radical (unpaired) electrons. The van der Waals surface area contributed by atoms with Crippen molar-refractivity contribution in [2.75, 3.05) is 0 Å². The zero-order valence-electron chi connectivity index (χ0n) is 9.13. The van der Waals surface area contributed by atoms with Crippen LogP contribution in [0.1, 0.15) is 11.6 Å².